The molecule has 1 aliphatic rings. The highest BCUT2D eigenvalue weighted by Gasteiger charge is 2.21. The summed E-state index contributed by atoms with van der Waals surface area (Å²) in [4.78, 5) is 18.7. The number of amides is 1. The molecule has 5 nitrogen and oxygen atoms in total. The van der Waals surface area contributed by atoms with E-state index in [0.29, 0.717) is 17.0 Å². The highest BCUT2D eigenvalue weighted by molar-refractivity contribution is 5.95. The lowest BCUT2D eigenvalue weighted by molar-refractivity contribution is 0.0697. The van der Waals surface area contributed by atoms with Gasteiger partial charge < -0.3 is 10.2 Å². The molecule has 0 radical (unpaired) electrons. The van der Waals surface area contributed by atoms with E-state index in [4.69, 9.17) is 5.26 Å². The third-order valence-corrected chi connectivity index (χ3v) is 4.34. The third-order valence-electron chi connectivity index (χ3n) is 4.34. The summed E-state index contributed by atoms with van der Waals surface area (Å²) >= 11 is 0. The second-order valence-corrected chi connectivity index (χ2v) is 6.25. The van der Waals surface area contributed by atoms with Gasteiger partial charge in [0.2, 0.25) is 0 Å². The predicted molar refractivity (Wildman–Crippen MR) is 93.0 cm³/mol. The van der Waals surface area contributed by atoms with Gasteiger partial charge in [0.1, 0.15) is 0 Å². The number of benzene rings is 1. The van der Waals surface area contributed by atoms with Gasteiger partial charge in [-0.2, -0.15) is 5.26 Å². The number of anilines is 2. The molecule has 1 aromatic carbocycles. The molecule has 1 aromatic heterocycles. The molecule has 1 amide bonds. The van der Waals surface area contributed by atoms with Crippen molar-refractivity contribution in [1.29, 1.82) is 5.26 Å². The van der Waals surface area contributed by atoms with Crippen molar-refractivity contribution in [3.05, 3.63) is 53.9 Å². The summed E-state index contributed by atoms with van der Waals surface area (Å²) < 4.78 is 0. The Kier molecular flexibility index (Phi) is 4.76. The molecule has 0 atom stereocenters. The first kappa shape index (κ1) is 16.0. The molecule has 3 rings (SSSR count). The van der Waals surface area contributed by atoms with Gasteiger partial charge in [0.15, 0.2) is 0 Å². The van der Waals surface area contributed by atoms with E-state index in [9.17, 15) is 4.79 Å². The molecule has 122 valence electrons. The number of pyridine rings is 1. The first-order valence-electron chi connectivity index (χ1n) is 8.17. The molecule has 0 bridgehead atoms. The lowest BCUT2D eigenvalue weighted by Gasteiger charge is -2.30. The average Bonchev–Trinajstić information content (AvgIpc) is 2.62. The Morgan fingerprint density at radius 1 is 1.25 bits per heavy atom. The second-order valence-electron chi connectivity index (χ2n) is 6.25. The van der Waals surface area contributed by atoms with Crippen LogP contribution in [0, 0.1) is 17.2 Å². The maximum absolute atomic E-state index is 12.6. The fourth-order valence-electron chi connectivity index (χ4n) is 2.85. The quantitative estimate of drug-likeness (QED) is 0.938. The van der Waals surface area contributed by atoms with E-state index < -0.39 is 0 Å². The standard InChI is InChI=1S/C19H20N4O/c1-14-5-7-23(8-6-14)19(24)16-10-18(13-21-12-16)22-17-4-2-3-15(9-17)11-20/h2-4,9-10,12-14,22H,5-8H2,1H3. The number of nitriles is 1. The van der Waals surface area contributed by atoms with E-state index >= 15 is 0 Å². The smallest absolute Gasteiger partial charge is 0.255 e. The van der Waals surface area contributed by atoms with Gasteiger partial charge in [-0.05, 0) is 43.0 Å². The summed E-state index contributed by atoms with van der Waals surface area (Å²) in [6.07, 6.45) is 5.39. The van der Waals surface area contributed by atoms with Crippen LogP contribution in [-0.4, -0.2) is 28.9 Å². The van der Waals surface area contributed by atoms with Gasteiger partial charge in [-0.15, -0.1) is 0 Å². The molecule has 0 aliphatic carbocycles. The van der Waals surface area contributed by atoms with Crippen LogP contribution in [0.2, 0.25) is 0 Å². The Labute approximate surface area is 141 Å². The van der Waals surface area contributed by atoms with E-state index in [2.05, 4.69) is 23.3 Å². The molecular weight excluding hydrogens is 300 g/mol. The zero-order valence-corrected chi connectivity index (χ0v) is 13.7. The van der Waals surface area contributed by atoms with Crippen molar-refractivity contribution >= 4 is 17.3 Å². The summed E-state index contributed by atoms with van der Waals surface area (Å²) in [5.41, 5.74) is 2.71. The number of carbonyl (C=O) groups is 1. The van der Waals surface area contributed by atoms with Crippen molar-refractivity contribution in [2.24, 2.45) is 5.92 Å². The molecular formula is C19H20N4O. The number of rotatable bonds is 3. The van der Waals surface area contributed by atoms with Crippen LogP contribution in [0.4, 0.5) is 11.4 Å². The minimum absolute atomic E-state index is 0.0313. The van der Waals surface area contributed by atoms with Crippen molar-refractivity contribution in [1.82, 2.24) is 9.88 Å². The minimum atomic E-state index is 0.0313. The number of nitrogens with one attached hydrogen (secondary N) is 1. The summed E-state index contributed by atoms with van der Waals surface area (Å²) in [7, 11) is 0. The Hall–Kier alpha value is -2.87. The van der Waals surface area contributed by atoms with Crippen molar-refractivity contribution in [2.45, 2.75) is 19.8 Å². The number of piperidine rings is 1. The normalized spacial score (nSPS) is 14.9. The number of aromatic nitrogens is 1. The lowest BCUT2D eigenvalue weighted by atomic mass is 9.99. The van der Waals surface area contributed by atoms with Gasteiger partial charge >= 0.3 is 0 Å². The number of carbonyl (C=O) groups excluding carboxylic acids is 1. The van der Waals surface area contributed by atoms with Crippen LogP contribution < -0.4 is 5.32 Å². The molecule has 24 heavy (non-hydrogen) atoms. The molecule has 0 saturated carbocycles. The van der Waals surface area contributed by atoms with Crippen molar-refractivity contribution in [3.63, 3.8) is 0 Å². The SMILES string of the molecule is CC1CCN(C(=O)c2cncc(Nc3cccc(C#N)c3)c2)CC1. The average molecular weight is 320 g/mol. The van der Waals surface area contributed by atoms with Crippen molar-refractivity contribution in [3.8, 4) is 6.07 Å². The van der Waals surface area contributed by atoms with Crippen LogP contribution in [0.1, 0.15) is 35.7 Å². The Balaban J connectivity index is 1.74. The van der Waals surface area contributed by atoms with Crippen LogP contribution in [0.25, 0.3) is 0 Å². The lowest BCUT2D eigenvalue weighted by Crippen LogP contribution is -2.37. The third kappa shape index (κ3) is 3.72. The topological polar surface area (TPSA) is 69.0 Å². The molecule has 2 aromatic rings. The van der Waals surface area contributed by atoms with Gasteiger partial charge in [-0.25, -0.2) is 0 Å². The van der Waals surface area contributed by atoms with E-state index in [0.717, 1.165) is 37.3 Å². The molecule has 0 unspecified atom stereocenters. The van der Waals surface area contributed by atoms with Crippen LogP contribution in [0.15, 0.2) is 42.7 Å². The highest BCUT2D eigenvalue weighted by Crippen LogP contribution is 2.21. The fraction of sp³-hybridized carbons (Fsp3) is 0.316. The van der Waals surface area contributed by atoms with E-state index in [1.165, 1.54) is 0 Å². The van der Waals surface area contributed by atoms with E-state index in [1.54, 1.807) is 24.5 Å². The summed E-state index contributed by atoms with van der Waals surface area (Å²) in [6.45, 7) is 3.84. The number of nitrogens with zero attached hydrogens (tertiary/aromatic N) is 3. The van der Waals surface area contributed by atoms with Gasteiger partial charge in [-0.1, -0.05) is 13.0 Å². The van der Waals surface area contributed by atoms with Gasteiger partial charge in [-0.3, -0.25) is 9.78 Å². The Bertz CT molecular complexity index is 773. The monoisotopic (exact) mass is 320 g/mol. The molecule has 0 spiro atoms. The van der Waals surface area contributed by atoms with Gasteiger partial charge in [0, 0.05) is 25.0 Å². The summed E-state index contributed by atoms with van der Waals surface area (Å²) in [5.74, 6) is 0.719. The minimum Gasteiger partial charge on any atom is -0.354 e. The maximum Gasteiger partial charge on any atom is 0.255 e. The van der Waals surface area contributed by atoms with Crippen LogP contribution in [0.5, 0.6) is 0 Å². The van der Waals surface area contributed by atoms with Crippen LogP contribution in [-0.2, 0) is 0 Å². The van der Waals surface area contributed by atoms with Crippen LogP contribution in [0.3, 0.4) is 0 Å². The Morgan fingerprint density at radius 3 is 2.79 bits per heavy atom. The summed E-state index contributed by atoms with van der Waals surface area (Å²) in [6, 6.07) is 11.1. The molecule has 1 saturated heterocycles. The number of hydrogen-bond acceptors (Lipinski definition) is 4. The Morgan fingerprint density at radius 2 is 2.04 bits per heavy atom. The molecule has 5 heteroatoms. The van der Waals surface area contributed by atoms with Crippen molar-refractivity contribution in [2.75, 3.05) is 18.4 Å². The van der Waals surface area contributed by atoms with E-state index in [-0.39, 0.29) is 5.91 Å². The zero-order chi connectivity index (χ0) is 16.9. The predicted octanol–water partition coefficient (Wildman–Crippen LogP) is 3.57. The number of hydrogen-bond donors (Lipinski definition) is 1. The van der Waals surface area contributed by atoms with Gasteiger partial charge in [0.05, 0.1) is 29.1 Å². The second kappa shape index (κ2) is 7.14. The fourth-order valence-corrected chi connectivity index (χ4v) is 2.85. The molecule has 1 N–H and O–H groups in total. The first-order chi connectivity index (χ1) is 11.7. The molecule has 1 fully saturated rings. The first-order valence-corrected chi connectivity index (χ1v) is 8.17. The van der Waals surface area contributed by atoms with Crippen LogP contribution >= 0.6 is 0 Å². The van der Waals surface area contributed by atoms with Gasteiger partial charge in [0.25, 0.3) is 5.91 Å². The summed E-state index contributed by atoms with van der Waals surface area (Å²) in [5, 5.41) is 12.2. The molecule has 2 heterocycles. The number of likely N-dealkylation sites (tertiary alicyclic amines) is 1. The van der Waals surface area contributed by atoms with E-state index in [1.807, 2.05) is 23.1 Å². The largest absolute Gasteiger partial charge is 0.354 e. The molecule has 1 aliphatic heterocycles. The zero-order valence-electron chi connectivity index (χ0n) is 13.7. The van der Waals surface area contributed by atoms with Crippen molar-refractivity contribution < 1.29 is 4.79 Å². The maximum atomic E-state index is 12.6. The highest BCUT2D eigenvalue weighted by atomic mass is 16.2.